The molecule has 1 unspecified atom stereocenters. The Morgan fingerprint density at radius 1 is 1.38 bits per heavy atom. The van der Waals surface area contributed by atoms with Gasteiger partial charge in [0.1, 0.15) is 11.7 Å². The van der Waals surface area contributed by atoms with Crippen molar-refractivity contribution in [1.29, 1.82) is 0 Å². The summed E-state index contributed by atoms with van der Waals surface area (Å²) in [4.78, 5) is 39.8. The average Bonchev–Trinajstić information content (AvgIpc) is 2.98. The van der Waals surface area contributed by atoms with E-state index in [0.717, 1.165) is 0 Å². The third-order valence-electron chi connectivity index (χ3n) is 3.57. The molecule has 0 radical (unpaired) electrons. The zero-order chi connectivity index (χ0) is 14.8. The summed E-state index contributed by atoms with van der Waals surface area (Å²) in [5.74, 6) is -1.46. The van der Waals surface area contributed by atoms with Crippen molar-refractivity contribution in [3.63, 3.8) is 0 Å². The van der Waals surface area contributed by atoms with Gasteiger partial charge in [-0.2, -0.15) is 0 Å². The van der Waals surface area contributed by atoms with Crippen LogP contribution in [0, 0.1) is 5.92 Å². The van der Waals surface area contributed by atoms with Crippen molar-refractivity contribution in [2.45, 2.75) is 25.8 Å². The number of carbonyl (C=O) groups is 3. The highest BCUT2D eigenvalue weighted by Gasteiger charge is 2.33. The number of fused-ring (bicyclic) bond motifs is 1. The lowest BCUT2D eigenvalue weighted by Crippen LogP contribution is -2.37. The predicted octanol–water partition coefficient (Wildman–Crippen LogP) is 1.17. The van der Waals surface area contributed by atoms with Crippen LogP contribution >= 0.6 is 0 Å². The fraction of sp³-hybridized carbons (Fsp3) is 0.333. The van der Waals surface area contributed by atoms with E-state index >= 15 is 0 Å². The van der Waals surface area contributed by atoms with Gasteiger partial charge in [-0.25, -0.2) is 4.99 Å². The van der Waals surface area contributed by atoms with Crippen molar-refractivity contribution in [3.8, 4) is 0 Å². The number of carbonyl (C=O) groups excluding carboxylic acids is 3. The van der Waals surface area contributed by atoms with Gasteiger partial charge >= 0.3 is 0 Å². The van der Waals surface area contributed by atoms with Gasteiger partial charge in [0.25, 0.3) is 5.91 Å². The molecule has 1 N–H and O–H groups in total. The number of amides is 2. The molecular weight excluding hydrogens is 272 g/mol. The molecule has 0 saturated heterocycles. The molecule has 0 spiro atoms. The zero-order valence-electron chi connectivity index (χ0n) is 11.3. The molecule has 1 fully saturated rings. The van der Waals surface area contributed by atoms with Crippen LogP contribution in [0.15, 0.2) is 39.5 Å². The minimum atomic E-state index is -1.03. The number of allylic oxidation sites excluding steroid dienone is 1. The minimum Gasteiger partial charge on any atom is -0.467 e. The van der Waals surface area contributed by atoms with Crippen LogP contribution in [0.5, 0.6) is 0 Å². The van der Waals surface area contributed by atoms with Crippen molar-refractivity contribution in [2.24, 2.45) is 10.9 Å². The first-order valence-corrected chi connectivity index (χ1v) is 6.82. The lowest BCUT2D eigenvalue weighted by molar-refractivity contribution is -0.131. The van der Waals surface area contributed by atoms with Crippen LogP contribution in [0.4, 0.5) is 0 Å². The number of aliphatic imine (C=N–C) groups is 1. The van der Waals surface area contributed by atoms with Crippen molar-refractivity contribution in [3.05, 3.63) is 35.8 Å². The molecule has 2 aliphatic rings. The van der Waals surface area contributed by atoms with Gasteiger partial charge in [0.05, 0.1) is 18.5 Å². The van der Waals surface area contributed by atoms with Gasteiger partial charge in [-0.05, 0) is 25.0 Å². The highest BCUT2D eigenvalue weighted by molar-refractivity contribution is 6.28. The number of nitrogens with one attached hydrogen (secondary N) is 1. The molecule has 1 saturated carbocycles. The molecule has 108 valence electrons. The molecular formula is C15H14N2O4. The monoisotopic (exact) mass is 286 g/mol. The van der Waals surface area contributed by atoms with E-state index in [1.807, 2.05) is 0 Å². The molecule has 1 atom stereocenters. The maximum absolute atomic E-state index is 12.1. The van der Waals surface area contributed by atoms with Gasteiger partial charge in [-0.3, -0.25) is 14.4 Å². The maximum atomic E-state index is 12.1. The first-order valence-electron chi connectivity index (χ1n) is 6.82. The van der Waals surface area contributed by atoms with Crippen molar-refractivity contribution >= 4 is 23.3 Å². The number of Topliss-reactive ketones (excluding diaryl/α,β-unsaturated/α-hetero) is 1. The number of hydrogen-bond acceptors (Lipinski definition) is 4. The molecule has 21 heavy (non-hydrogen) atoms. The van der Waals surface area contributed by atoms with E-state index in [9.17, 15) is 14.4 Å². The summed E-state index contributed by atoms with van der Waals surface area (Å²) in [6.07, 6.45) is 4.72. The Hall–Kier alpha value is -2.50. The Bertz CT molecular complexity index is 655. The number of ketones is 1. The van der Waals surface area contributed by atoms with Gasteiger partial charge in [0, 0.05) is 12.0 Å². The molecule has 6 nitrogen and oxygen atoms in total. The van der Waals surface area contributed by atoms with E-state index in [2.05, 4.69) is 10.3 Å². The molecule has 6 heteroatoms. The molecule has 3 rings (SSSR count). The molecule has 1 aliphatic carbocycles. The molecule has 2 amide bonds. The van der Waals surface area contributed by atoms with Crippen LogP contribution in [0.3, 0.4) is 0 Å². The SMILES string of the molecule is O=C1CCCC2=NC(=O)C(C(=O)NCc3ccco3)C=C12. The number of furan rings is 1. The van der Waals surface area contributed by atoms with Gasteiger partial charge in [-0.15, -0.1) is 0 Å². The van der Waals surface area contributed by atoms with Crippen molar-refractivity contribution < 1.29 is 18.8 Å². The summed E-state index contributed by atoms with van der Waals surface area (Å²) in [5, 5.41) is 2.62. The molecule has 1 aliphatic heterocycles. The lowest BCUT2D eigenvalue weighted by Gasteiger charge is -2.22. The van der Waals surface area contributed by atoms with Crippen LogP contribution in [0.25, 0.3) is 0 Å². The Morgan fingerprint density at radius 3 is 3.00 bits per heavy atom. The van der Waals surface area contributed by atoms with Crippen LogP contribution in [0.2, 0.25) is 0 Å². The Balaban J connectivity index is 1.73. The third kappa shape index (κ3) is 2.69. The van der Waals surface area contributed by atoms with Gasteiger partial charge in [0.15, 0.2) is 5.78 Å². The first-order chi connectivity index (χ1) is 10.1. The first kappa shape index (κ1) is 13.5. The van der Waals surface area contributed by atoms with Crippen molar-refractivity contribution in [1.82, 2.24) is 5.32 Å². The Kier molecular flexibility index (Phi) is 3.51. The fourth-order valence-electron chi connectivity index (χ4n) is 2.48. The van der Waals surface area contributed by atoms with E-state index in [1.165, 1.54) is 12.3 Å². The molecule has 1 aromatic rings. The van der Waals surface area contributed by atoms with E-state index in [1.54, 1.807) is 12.1 Å². The third-order valence-corrected chi connectivity index (χ3v) is 3.57. The number of dihydropyridines is 1. The summed E-state index contributed by atoms with van der Waals surface area (Å²) in [7, 11) is 0. The van der Waals surface area contributed by atoms with Gasteiger partial charge in [0.2, 0.25) is 5.91 Å². The largest absolute Gasteiger partial charge is 0.467 e. The van der Waals surface area contributed by atoms with Gasteiger partial charge < -0.3 is 9.73 Å². The highest BCUT2D eigenvalue weighted by atomic mass is 16.3. The van der Waals surface area contributed by atoms with Crippen LogP contribution in [-0.4, -0.2) is 23.3 Å². The van der Waals surface area contributed by atoms with Crippen LogP contribution in [-0.2, 0) is 20.9 Å². The summed E-state index contributed by atoms with van der Waals surface area (Å²) in [6.45, 7) is 0.198. The smallest absolute Gasteiger partial charge is 0.262 e. The lowest BCUT2D eigenvalue weighted by atomic mass is 9.86. The second kappa shape index (κ2) is 5.47. The van der Waals surface area contributed by atoms with Crippen LogP contribution in [0.1, 0.15) is 25.0 Å². The molecule has 0 bridgehead atoms. The summed E-state index contributed by atoms with van der Waals surface area (Å²) in [5.41, 5.74) is 0.949. The van der Waals surface area contributed by atoms with Crippen LogP contribution < -0.4 is 5.32 Å². The van der Waals surface area contributed by atoms with E-state index in [-0.39, 0.29) is 12.3 Å². The summed E-state index contributed by atoms with van der Waals surface area (Å²) < 4.78 is 5.10. The average molecular weight is 286 g/mol. The summed E-state index contributed by atoms with van der Waals surface area (Å²) in [6, 6.07) is 3.44. The zero-order valence-corrected chi connectivity index (χ0v) is 11.3. The van der Waals surface area contributed by atoms with E-state index in [4.69, 9.17) is 4.42 Å². The number of nitrogens with zero attached hydrogens (tertiary/aromatic N) is 1. The molecule has 2 heterocycles. The normalized spacial score (nSPS) is 21.4. The quantitative estimate of drug-likeness (QED) is 0.845. The number of hydrogen-bond donors (Lipinski definition) is 1. The van der Waals surface area contributed by atoms with Crippen molar-refractivity contribution in [2.75, 3.05) is 0 Å². The highest BCUT2D eigenvalue weighted by Crippen LogP contribution is 2.24. The molecule has 1 aromatic heterocycles. The topological polar surface area (TPSA) is 88.7 Å². The van der Waals surface area contributed by atoms with Gasteiger partial charge in [-0.1, -0.05) is 6.08 Å². The maximum Gasteiger partial charge on any atom is 0.262 e. The van der Waals surface area contributed by atoms with E-state index < -0.39 is 17.7 Å². The summed E-state index contributed by atoms with van der Waals surface area (Å²) >= 11 is 0. The fourth-order valence-corrected chi connectivity index (χ4v) is 2.48. The second-order valence-corrected chi connectivity index (χ2v) is 5.03. The standard InChI is InChI=1S/C15H14N2O4/c18-13-5-1-4-12-10(13)7-11(15(20)17-12)14(19)16-8-9-3-2-6-21-9/h2-3,6-7,11H,1,4-5,8H2,(H,16,19). The second-order valence-electron chi connectivity index (χ2n) is 5.03. The number of rotatable bonds is 3. The van der Waals surface area contributed by atoms with E-state index in [0.29, 0.717) is 36.3 Å². The minimum absolute atomic E-state index is 0.0451. The molecule has 0 aromatic carbocycles. The predicted molar refractivity (Wildman–Crippen MR) is 73.4 cm³/mol. The Labute approximate surface area is 120 Å². The Morgan fingerprint density at radius 2 is 2.24 bits per heavy atom.